The quantitative estimate of drug-likeness (QED) is 0.741. The third-order valence-electron chi connectivity index (χ3n) is 2.36. The Morgan fingerprint density at radius 2 is 1.79 bits per heavy atom. The molecule has 1 aromatic rings. The van der Waals surface area contributed by atoms with Crippen LogP contribution in [0.4, 0.5) is 0 Å². The van der Waals surface area contributed by atoms with E-state index in [0.717, 1.165) is 5.56 Å². The highest BCUT2D eigenvalue weighted by Crippen LogP contribution is 2.18. The molecule has 0 unspecified atom stereocenters. The maximum Gasteiger partial charge on any atom is 0.0967 e. The molecule has 14 heavy (non-hydrogen) atoms. The van der Waals surface area contributed by atoms with Crippen molar-refractivity contribution in [3.05, 3.63) is 35.9 Å². The van der Waals surface area contributed by atoms with Gasteiger partial charge in [-0.2, -0.15) is 0 Å². The fourth-order valence-electron chi connectivity index (χ4n) is 1.42. The van der Waals surface area contributed by atoms with E-state index in [1.165, 1.54) is 0 Å². The van der Waals surface area contributed by atoms with Crippen LogP contribution in [0.15, 0.2) is 30.3 Å². The molecule has 0 fully saturated rings. The van der Waals surface area contributed by atoms with E-state index in [0.29, 0.717) is 0 Å². The molecule has 0 aliphatic heterocycles. The van der Waals surface area contributed by atoms with Crippen LogP contribution in [0.2, 0.25) is 0 Å². The first-order valence-electron chi connectivity index (χ1n) is 4.67. The predicted octanol–water partition coefficient (Wildman–Crippen LogP) is 0.643. The molecule has 2 atom stereocenters. The maximum absolute atomic E-state index is 9.95. The summed E-state index contributed by atoms with van der Waals surface area (Å²) in [6.07, 6.45) is -0.642. The lowest BCUT2D eigenvalue weighted by Gasteiger charge is -2.27. The minimum absolute atomic E-state index is 0.0525. The average Bonchev–Trinajstić information content (AvgIpc) is 2.19. The first-order chi connectivity index (χ1) is 6.66. The number of aliphatic hydroxyl groups excluding tert-OH is 2. The Hall–Kier alpha value is -0.900. The second kappa shape index (κ2) is 5.10. The van der Waals surface area contributed by atoms with Gasteiger partial charge in [-0.15, -0.1) is 0 Å². The molecule has 0 heterocycles. The lowest BCUT2D eigenvalue weighted by Crippen LogP contribution is -2.37. The number of hydrogen-bond donors (Lipinski definition) is 2. The second-order valence-corrected chi connectivity index (χ2v) is 3.57. The van der Waals surface area contributed by atoms with Gasteiger partial charge in [0.2, 0.25) is 0 Å². The third-order valence-corrected chi connectivity index (χ3v) is 2.36. The molecule has 0 aliphatic carbocycles. The van der Waals surface area contributed by atoms with Crippen molar-refractivity contribution in [1.29, 1.82) is 0 Å². The van der Waals surface area contributed by atoms with E-state index in [9.17, 15) is 5.11 Å². The number of aliphatic hydroxyl groups is 2. The molecule has 2 N–H and O–H groups in total. The van der Waals surface area contributed by atoms with E-state index in [1.54, 1.807) is 0 Å². The molecule has 0 saturated heterocycles. The molecule has 0 amide bonds. The standard InChI is InChI=1S/C11H17NO2/c1-12(2)10(8-13)11(14)9-6-4-3-5-7-9/h3-7,10-11,13-14H,8H2,1-2H3/t10-,11-/m0/s1. The highest BCUT2D eigenvalue weighted by Gasteiger charge is 2.21. The van der Waals surface area contributed by atoms with E-state index >= 15 is 0 Å². The van der Waals surface area contributed by atoms with Crippen LogP contribution < -0.4 is 0 Å². The molecular formula is C11H17NO2. The van der Waals surface area contributed by atoms with Gasteiger partial charge in [0.25, 0.3) is 0 Å². The second-order valence-electron chi connectivity index (χ2n) is 3.57. The highest BCUT2D eigenvalue weighted by atomic mass is 16.3. The van der Waals surface area contributed by atoms with Crippen molar-refractivity contribution >= 4 is 0 Å². The van der Waals surface area contributed by atoms with Gasteiger partial charge in [-0.25, -0.2) is 0 Å². The lowest BCUT2D eigenvalue weighted by atomic mass is 10.0. The van der Waals surface area contributed by atoms with Gasteiger partial charge in [0, 0.05) is 0 Å². The van der Waals surface area contributed by atoms with Crippen LogP contribution in [0.25, 0.3) is 0 Å². The van der Waals surface area contributed by atoms with E-state index in [4.69, 9.17) is 5.11 Å². The summed E-state index contributed by atoms with van der Waals surface area (Å²) in [5, 5.41) is 19.1. The van der Waals surface area contributed by atoms with Crippen molar-refractivity contribution < 1.29 is 10.2 Å². The number of likely N-dealkylation sites (N-methyl/N-ethyl adjacent to an activating group) is 1. The molecule has 0 bridgehead atoms. The molecule has 0 spiro atoms. The SMILES string of the molecule is CN(C)[C@@H](CO)[C@@H](O)c1ccccc1. The summed E-state index contributed by atoms with van der Waals surface area (Å²) in [4.78, 5) is 1.82. The first kappa shape index (κ1) is 11.2. The normalized spacial score (nSPS) is 15.5. The summed E-state index contributed by atoms with van der Waals surface area (Å²) in [7, 11) is 3.68. The smallest absolute Gasteiger partial charge is 0.0967 e. The summed E-state index contributed by atoms with van der Waals surface area (Å²) in [5.41, 5.74) is 0.834. The summed E-state index contributed by atoms with van der Waals surface area (Å²) >= 11 is 0. The zero-order chi connectivity index (χ0) is 10.6. The predicted molar refractivity (Wildman–Crippen MR) is 56.0 cm³/mol. The van der Waals surface area contributed by atoms with Gasteiger partial charge in [-0.1, -0.05) is 30.3 Å². The van der Waals surface area contributed by atoms with Gasteiger partial charge >= 0.3 is 0 Å². The van der Waals surface area contributed by atoms with Crippen LogP contribution in [0.3, 0.4) is 0 Å². The van der Waals surface area contributed by atoms with E-state index < -0.39 is 6.10 Å². The van der Waals surface area contributed by atoms with Crippen molar-refractivity contribution in [3.63, 3.8) is 0 Å². The van der Waals surface area contributed by atoms with Crippen LogP contribution in [0.1, 0.15) is 11.7 Å². The summed E-state index contributed by atoms with van der Waals surface area (Å²) < 4.78 is 0. The molecule has 1 rings (SSSR count). The maximum atomic E-state index is 9.95. The Balaban J connectivity index is 2.78. The van der Waals surface area contributed by atoms with Crippen LogP contribution >= 0.6 is 0 Å². The molecular weight excluding hydrogens is 178 g/mol. The zero-order valence-electron chi connectivity index (χ0n) is 8.59. The van der Waals surface area contributed by atoms with Crippen molar-refractivity contribution in [2.75, 3.05) is 20.7 Å². The summed E-state index contributed by atoms with van der Waals surface area (Å²) in [5.74, 6) is 0. The molecule has 0 aliphatic rings. The highest BCUT2D eigenvalue weighted by molar-refractivity contribution is 5.18. The van der Waals surface area contributed by atoms with Crippen molar-refractivity contribution in [3.8, 4) is 0 Å². The van der Waals surface area contributed by atoms with Crippen LogP contribution in [0, 0.1) is 0 Å². The Bertz CT molecular complexity index is 261. The minimum atomic E-state index is -0.642. The number of nitrogens with zero attached hydrogens (tertiary/aromatic N) is 1. The van der Waals surface area contributed by atoms with Gasteiger partial charge in [-0.05, 0) is 19.7 Å². The molecule has 0 radical (unpaired) electrons. The average molecular weight is 195 g/mol. The Labute approximate surface area is 84.6 Å². The topological polar surface area (TPSA) is 43.7 Å². The third kappa shape index (κ3) is 2.54. The summed E-state index contributed by atoms with van der Waals surface area (Å²) in [6.45, 7) is -0.0525. The van der Waals surface area contributed by atoms with E-state index in [2.05, 4.69) is 0 Å². The van der Waals surface area contributed by atoms with Crippen molar-refractivity contribution in [1.82, 2.24) is 4.90 Å². The largest absolute Gasteiger partial charge is 0.395 e. The number of rotatable bonds is 4. The minimum Gasteiger partial charge on any atom is -0.395 e. The monoisotopic (exact) mass is 195 g/mol. The Kier molecular flexibility index (Phi) is 4.07. The van der Waals surface area contributed by atoms with Crippen molar-refractivity contribution in [2.24, 2.45) is 0 Å². The van der Waals surface area contributed by atoms with E-state index in [1.807, 2.05) is 49.3 Å². The molecule has 3 nitrogen and oxygen atoms in total. The van der Waals surface area contributed by atoms with Gasteiger partial charge in [-0.3, -0.25) is 0 Å². The van der Waals surface area contributed by atoms with Gasteiger partial charge in [0.15, 0.2) is 0 Å². The number of hydrogen-bond acceptors (Lipinski definition) is 3. The van der Waals surface area contributed by atoms with Crippen LogP contribution in [0.5, 0.6) is 0 Å². The molecule has 0 aromatic heterocycles. The zero-order valence-corrected chi connectivity index (χ0v) is 8.59. The van der Waals surface area contributed by atoms with Crippen LogP contribution in [-0.2, 0) is 0 Å². The van der Waals surface area contributed by atoms with Crippen molar-refractivity contribution in [2.45, 2.75) is 12.1 Å². The lowest BCUT2D eigenvalue weighted by molar-refractivity contribution is 0.0390. The van der Waals surface area contributed by atoms with Crippen LogP contribution in [-0.4, -0.2) is 41.9 Å². The van der Waals surface area contributed by atoms with Gasteiger partial charge in [0.1, 0.15) is 0 Å². The molecule has 78 valence electrons. The number of benzene rings is 1. The fourth-order valence-corrected chi connectivity index (χ4v) is 1.42. The summed E-state index contributed by atoms with van der Waals surface area (Å²) in [6, 6.07) is 9.12. The van der Waals surface area contributed by atoms with Gasteiger partial charge < -0.3 is 15.1 Å². The van der Waals surface area contributed by atoms with Gasteiger partial charge in [0.05, 0.1) is 18.8 Å². The molecule has 1 aromatic carbocycles. The Morgan fingerprint density at radius 1 is 1.21 bits per heavy atom. The molecule has 3 heteroatoms. The Morgan fingerprint density at radius 3 is 2.21 bits per heavy atom. The fraction of sp³-hybridized carbons (Fsp3) is 0.455. The molecule has 0 saturated carbocycles. The van der Waals surface area contributed by atoms with E-state index in [-0.39, 0.29) is 12.6 Å². The first-order valence-corrected chi connectivity index (χ1v) is 4.67.